The maximum Gasteiger partial charge on any atom is 0.124 e. The van der Waals surface area contributed by atoms with Gasteiger partial charge in [0.1, 0.15) is 6.29 Å². The van der Waals surface area contributed by atoms with Crippen LogP contribution in [-0.2, 0) is 4.79 Å². The molecule has 3 atom stereocenters. The Bertz CT molecular complexity index is 178. The van der Waals surface area contributed by atoms with Crippen LogP contribution in [0.4, 0.5) is 0 Å². The standard InChI is InChI=1S/C10H14O/c1-3-5-6-9-8(4-2)10(9)7-11/h2,7-10H,3,5-6H2,1H3. The second-order valence-corrected chi connectivity index (χ2v) is 3.21. The van der Waals surface area contributed by atoms with Gasteiger partial charge in [-0.25, -0.2) is 0 Å². The first-order valence-electron chi connectivity index (χ1n) is 4.26. The highest BCUT2D eigenvalue weighted by molar-refractivity contribution is 5.61. The van der Waals surface area contributed by atoms with Gasteiger partial charge in [0.25, 0.3) is 0 Å². The summed E-state index contributed by atoms with van der Waals surface area (Å²) in [5.74, 6) is 3.63. The van der Waals surface area contributed by atoms with Crippen molar-refractivity contribution in [1.82, 2.24) is 0 Å². The largest absolute Gasteiger partial charge is 0.303 e. The highest BCUT2D eigenvalue weighted by Crippen LogP contribution is 2.47. The summed E-state index contributed by atoms with van der Waals surface area (Å²) in [6.45, 7) is 2.16. The number of unbranched alkanes of at least 4 members (excludes halogenated alkanes) is 1. The lowest BCUT2D eigenvalue weighted by Crippen LogP contribution is -1.82. The molecule has 0 radical (unpaired) electrons. The van der Waals surface area contributed by atoms with E-state index in [1.165, 1.54) is 12.8 Å². The Kier molecular flexibility index (Phi) is 2.70. The van der Waals surface area contributed by atoms with Crippen LogP contribution in [0.15, 0.2) is 0 Å². The van der Waals surface area contributed by atoms with Gasteiger partial charge in [-0.15, -0.1) is 12.3 Å². The molecule has 3 unspecified atom stereocenters. The summed E-state index contributed by atoms with van der Waals surface area (Å²) in [6.07, 6.45) is 9.80. The van der Waals surface area contributed by atoms with Gasteiger partial charge in [0.05, 0.1) is 0 Å². The van der Waals surface area contributed by atoms with E-state index in [9.17, 15) is 4.79 Å². The molecule has 0 amide bonds. The van der Waals surface area contributed by atoms with Crippen molar-refractivity contribution in [2.75, 3.05) is 0 Å². The van der Waals surface area contributed by atoms with Crippen molar-refractivity contribution in [3.05, 3.63) is 0 Å². The van der Waals surface area contributed by atoms with Gasteiger partial charge in [-0.05, 0) is 12.3 Å². The SMILES string of the molecule is C#CC1C(C=O)C1CCCC. The Morgan fingerprint density at radius 1 is 1.64 bits per heavy atom. The Labute approximate surface area is 68.2 Å². The quantitative estimate of drug-likeness (QED) is 0.441. The molecule has 1 saturated carbocycles. The van der Waals surface area contributed by atoms with Crippen molar-refractivity contribution >= 4 is 6.29 Å². The molecular formula is C10H14O. The van der Waals surface area contributed by atoms with E-state index in [0.717, 1.165) is 12.7 Å². The highest BCUT2D eigenvalue weighted by Gasteiger charge is 2.47. The molecule has 0 aliphatic heterocycles. The van der Waals surface area contributed by atoms with Crippen LogP contribution in [0.25, 0.3) is 0 Å². The van der Waals surface area contributed by atoms with Crippen molar-refractivity contribution in [1.29, 1.82) is 0 Å². The molecule has 1 aliphatic carbocycles. The molecule has 0 bridgehead atoms. The first-order chi connectivity index (χ1) is 5.35. The van der Waals surface area contributed by atoms with Crippen molar-refractivity contribution in [2.45, 2.75) is 26.2 Å². The van der Waals surface area contributed by atoms with Crippen LogP contribution in [0, 0.1) is 30.1 Å². The average molecular weight is 150 g/mol. The summed E-state index contributed by atoms with van der Waals surface area (Å²) in [5, 5.41) is 0. The van der Waals surface area contributed by atoms with Crippen LogP contribution in [0.3, 0.4) is 0 Å². The van der Waals surface area contributed by atoms with Crippen molar-refractivity contribution in [2.24, 2.45) is 17.8 Å². The number of terminal acetylenes is 1. The summed E-state index contributed by atoms with van der Waals surface area (Å²) >= 11 is 0. The maximum atomic E-state index is 10.4. The zero-order valence-corrected chi connectivity index (χ0v) is 6.92. The van der Waals surface area contributed by atoms with E-state index < -0.39 is 0 Å². The van der Waals surface area contributed by atoms with Gasteiger partial charge in [-0.3, -0.25) is 0 Å². The van der Waals surface area contributed by atoms with Gasteiger partial charge in [0.15, 0.2) is 0 Å². The smallest absolute Gasteiger partial charge is 0.124 e. The number of carbonyl (C=O) groups excluding carboxylic acids is 1. The zero-order valence-electron chi connectivity index (χ0n) is 6.92. The van der Waals surface area contributed by atoms with Crippen LogP contribution in [0.5, 0.6) is 0 Å². The Morgan fingerprint density at radius 3 is 2.73 bits per heavy atom. The predicted molar refractivity (Wildman–Crippen MR) is 44.9 cm³/mol. The van der Waals surface area contributed by atoms with E-state index in [-0.39, 0.29) is 11.8 Å². The van der Waals surface area contributed by atoms with Crippen molar-refractivity contribution in [3.63, 3.8) is 0 Å². The fraction of sp³-hybridized carbons (Fsp3) is 0.700. The van der Waals surface area contributed by atoms with E-state index in [1.807, 2.05) is 0 Å². The summed E-state index contributed by atoms with van der Waals surface area (Å²) in [6, 6.07) is 0. The molecular weight excluding hydrogens is 136 g/mol. The maximum absolute atomic E-state index is 10.4. The topological polar surface area (TPSA) is 17.1 Å². The van der Waals surface area contributed by atoms with Crippen LogP contribution in [0.1, 0.15) is 26.2 Å². The fourth-order valence-corrected chi connectivity index (χ4v) is 1.63. The molecule has 0 aromatic heterocycles. The van der Waals surface area contributed by atoms with Gasteiger partial charge < -0.3 is 4.79 Å². The zero-order chi connectivity index (χ0) is 8.27. The van der Waals surface area contributed by atoms with E-state index in [2.05, 4.69) is 12.8 Å². The van der Waals surface area contributed by atoms with Gasteiger partial charge in [-0.2, -0.15) is 0 Å². The molecule has 0 heterocycles. The van der Waals surface area contributed by atoms with Gasteiger partial charge in [-0.1, -0.05) is 19.8 Å². The number of hydrogen-bond donors (Lipinski definition) is 0. The van der Waals surface area contributed by atoms with Crippen LogP contribution in [-0.4, -0.2) is 6.29 Å². The lowest BCUT2D eigenvalue weighted by molar-refractivity contribution is -0.109. The molecule has 1 fully saturated rings. The Hall–Kier alpha value is -0.770. The predicted octanol–water partition coefficient (Wildman–Crippen LogP) is 1.87. The molecule has 11 heavy (non-hydrogen) atoms. The monoisotopic (exact) mass is 150 g/mol. The van der Waals surface area contributed by atoms with Crippen LogP contribution < -0.4 is 0 Å². The molecule has 60 valence electrons. The van der Waals surface area contributed by atoms with Gasteiger partial charge in [0.2, 0.25) is 0 Å². The third kappa shape index (κ3) is 1.63. The molecule has 0 saturated heterocycles. The fourth-order valence-electron chi connectivity index (χ4n) is 1.63. The number of hydrogen-bond acceptors (Lipinski definition) is 1. The van der Waals surface area contributed by atoms with Crippen molar-refractivity contribution < 1.29 is 4.79 Å². The number of carbonyl (C=O) groups is 1. The summed E-state index contributed by atoms with van der Waals surface area (Å²) in [5.41, 5.74) is 0. The van der Waals surface area contributed by atoms with E-state index in [4.69, 9.17) is 6.42 Å². The molecule has 0 aromatic carbocycles. The third-order valence-electron chi connectivity index (χ3n) is 2.47. The van der Waals surface area contributed by atoms with Crippen molar-refractivity contribution in [3.8, 4) is 12.3 Å². The second kappa shape index (κ2) is 3.57. The number of rotatable bonds is 4. The minimum Gasteiger partial charge on any atom is -0.303 e. The number of aldehydes is 1. The summed E-state index contributed by atoms with van der Waals surface area (Å²) < 4.78 is 0. The van der Waals surface area contributed by atoms with E-state index in [1.54, 1.807) is 0 Å². The first kappa shape index (κ1) is 8.33. The van der Waals surface area contributed by atoms with E-state index in [0.29, 0.717) is 5.92 Å². The molecule has 0 aromatic rings. The van der Waals surface area contributed by atoms with Gasteiger partial charge in [0, 0.05) is 11.8 Å². The lowest BCUT2D eigenvalue weighted by Gasteiger charge is -1.91. The molecule has 0 N–H and O–H groups in total. The normalized spacial score (nSPS) is 34.4. The average Bonchev–Trinajstić information content (AvgIpc) is 2.73. The minimum absolute atomic E-state index is 0.187. The Morgan fingerprint density at radius 2 is 2.36 bits per heavy atom. The molecule has 0 spiro atoms. The Balaban J connectivity index is 2.28. The van der Waals surface area contributed by atoms with Crippen LogP contribution >= 0.6 is 0 Å². The summed E-state index contributed by atoms with van der Waals surface area (Å²) in [4.78, 5) is 10.4. The second-order valence-electron chi connectivity index (χ2n) is 3.21. The minimum atomic E-state index is 0.187. The lowest BCUT2D eigenvalue weighted by atomic mass is 10.1. The van der Waals surface area contributed by atoms with Crippen LogP contribution in [0.2, 0.25) is 0 Å². The summed E-state index contributed by atoms with van der Waals surface area (Å²) in [7, 11) is 0. The molecule has 1 aliphatic rings. The molecule has 1 heteroatoms. The molecule has 1 rings (SSSR count). The third-order valence-corrected chi connectivity index (χ3v) is 2.47. The molecule has 1 nitrogen and oxygen atoms in total. The highest BCUT2D eigenvalue weighted by atomic mass is 16.1. The van der Waals surface area contributed by atoms with E-state index >= 15 is 0 Å². The van der Waals surface area contributed by atoms with Gasteiger partial charge >= 0.3 is 0 Å². The first-order valence-corrected chi connectivity index (χ1v) is 4.26.